The molecule has 0 fully saturated rings. The fourth-order valence-corrected chi connectivity index (χ4v) is 3.82. The van der Waals surface area contributed by atoms with Gasteiger partial charge < -0.3 is 9.84 Å². The molecule has 0 aromatic heterocycles. The summed E-state index contributed by atoms with van der Waals surface area (Å²) in [5, 5.41) is 10.0. The van der Waals surface area contributed by atoms with Crippen molar-refractivity contribution in [1.29, 1.82) is 0 Å². The maximum absolute atomic E-state index is 11.0. The SMILES string of the molecule is CCCCCCCC(O)CCCCCCCCCCCCCCCC(=O)OC. The van der Waals surface area contributed by atoms with Crippen molar-refractivity contribution >= 4 is 5.97 Å². The van der Waals surface area contributed by atoms with Crippen LogP contribution in [0.25, 0.3) is 0 Å². The Labute approximate surface area is 176 Å². The molecule has 0 heterocycles. The van der Waals surface area contributed by atoms with Crippen molar-refractivity contribution < 1.29 is 14.6 Å². The number of ether oxygens (including phenoxy) is 1. The van der Waals surface area contributed by atoms with Gasteiger partial charge in [-0.05, 0) is 19.3 Å². The van der Waals surface area contributed by atoms with Crippen molar-refractivity contribution in [1.82, 2.24) is 0 Å². The Hall–Kier alpha value is -0.570. The van der Waals surface area contributed by atoms with Crippen molar-refractivity contribution in [2.45, 2.75) is 148 Å². The molecular formula is C25H50O3. The van der Waals surface area contributed by atoms with Gasteiger partial charge in [-0.1, -0.05) is 116 Å². The number of rotatable bonds is 22. The van der Waals surface area contributed by atoms with Crippen molar-refractivity contribution in [3.05, 3.63) is 0 Å². The molecule has 0 aliphatic carbocycles. The zero-order chi connectivity index (χ0) is 20.7. The molecule has 0 radical (unpaired) electrons. The summed E-state index contributed by atoms with van der Waals surface area (Å²) < 4.78 is 4.65. The van der Waals surface area contributed by atoms with Crippen LogP contribution in [-0.2, 0) is 9.53 Å². The zero-order valence-corrected chi connectivity index (χ0v) is 19.2. The predicted molar refractivity (Wildman–Crippen MR) is 121 cm³/mol. The Morgan fingerprint density at radius 2 is 1.00 bits per heavy atom. The molecule has 1 N–H and O–H groups in total. The second-order valence-electron chi connectivity index (χ2n) is 8.57. The summed E-state index contributed by atoms with van der Waals surface area (Å²) in [6.45, 7) is 2.24. The van der Waals surface area contributed by atoms with Gasteiger partial charge in [-0.25, -0.2) is 0 Å². The highest BCUT2D eigenvalue weighted by Crippen LogP contribution is 2.15. The molecule has 3 nitrogen and oxygen atoms in total. The fourth-order valence-electron chi connectivity index (χ4n) is 3.82. The van der Waals surface area contributed by atoms with Gasteiger partial charge in [-0.15, -0.1) is 0 Å². The van der Waals surface area contributed by atoms with Gasteiger partial charge in [0.25, 0.3) is 0 Å². The van der Waals surface area contributed by atoms with Gasteiger partial charge in [0.1, 0.15) is 0 Å². The lowest BCUT2D eigenvalue weighted by Crippen LogP contribution is -2.05. The molecule has 0 rings (SSSR count). The van der Waals surface area contributed by atoms with Gasteiger partial charge in [0.15, 0.2) is 0 Å². The quantitative estimate of drug-likeness (QED) is 0.150. The predicted octanol–water partition coefficient (Wildman–Crippen LogP) is 7.73. The average molecular weight is 399 g/mol. The molecule has 0 aliphatic heterocycles. The molecule has 168 valence electrons. The van der Waals surface area contributed by atoms with Crippen LogP contribution in [0.15, 0.2) is 0 Å². The van der Waals surface area contributed by atoms with E-state index in [0.717, 1.165) is 25.7 Å². The second kappa shape index (κ2) is 22.7. The summed E-state index contributed by atoms with van der Waals surface area (Å²) in [4.78, 5) is 11.0. The summed E-state index contributed by atoms with van der Waals surface area (Å²) >= 11 is 0. The third-order valence-electron chi connectivity index (χ3n) is 5.79. The van der Waals surface area contributed by atoms with Gasteiger partial charge in [-0.3, -0.25) is 4.79 Å². The lowest BCUT2D eigenvalue weighted by Gasteiger charge is -2.10. The van der Waals surface area contributed by atoms with E-state index in [4.69, 9.17) is 0 Å². The minimum atomic E-state index is -0.0750. The van der Waals surface area contributed by atoms with E-state index in [-0.39, 0.29) is 12.1 Å². The highest BCUT2D eigenvalue weighted by Gasteiger charge is 2.03. The third kappa shape index (κ3) is 21.7. The van der Waals surface area contributed by atoms with Crippen LogP contribution in [0.2, 0.25) is 0 Å². The molecule has 28 heavy (non-hydrogen) atoms. The normalized spacial score (nSPS) is 12.2. The van der Waals surface area contributed by atoms with E-state index in [1.165, 1.54) is 110 Å². The third-order valence-corrected chi connectivity index (χ3v) is 5.79. The minimum Gasteiger partial charge on any atom is -0.469 e. The Morgan fingerprint density at radius 3 is 1.39 bits per heavy atom. The number of aliphatic hydroxyl groups excluding tert-OH is 1. The summed E-state index contributed by atoms with van der Waals surface area (Å²) in [7, 11) is 1.46. The maximum Gasteiger partial charge on any atom is 0.305 e. The molecular weight excluding hydrogens is 348 g/mol. The molecule has 1 atom stereocenters. The number of methoxy groups -OCH3 is 1. The summed E-state index contributed by atoms with van der Waals surface area (Å²) in [6, 6.07) is 0. The summed E-state index contributed by atoms with van der Waals surface area (Å²) in [5.41, 5.74) is 0. The van der Waals surface area contributed by atoms with E-state index in [1.54, 1.807) is 0 Å². The lowest BCUT2D eigenvalue weighted by molar-refractivity contribution is -0.140. The van der Waals surface area contributed by atoms with Crippen LogP contribution in [0, 0.1) is 0 Å². The van der Waals surface area contributed by atoms with E-state index >= 15 is 0 Å². The molecule has 0 bridgehead atoms. The molecule has 1 unspecified atom stereocenters. The Balaban J connectivity index is 3.12. The van der Waals surface area contributed by atoms with Crippen LogP contribution < -0.4 is 0 Å². The maximum atomic E-state index is 11.0. The highest BCUT2D eigenvalue weighted by molar-refractivity contribution is 5.68. The van der Waals surface area contributed by atoms with Crippen molar-refractivity contribution in [2.75, 3.05) is 7.11 Å². The van der Waals surface area contributed by atoms with Crippen molar-refractivity contribution in [3.63, 3.8) is 0 Å². The van der Waals surface area contributed by atoms with Gasteiger partial charge in [0.05, 0.1) is 13.2 Å². The molecule has 3 heteroatoms. The fraction of sp³-hybridized carbons (Fsp3) is 0.960. The molecule has 0 aliphatic rings. The molecule has 0 aromatic carbocycles. The number of hydrogen-bond acceptors (Lipinski definition) is 3. The van der Waals surface area contributed by atoms with Crippen LogP contribution in [-0.4, -0.2) is 24.3 Å². The summed E-state index contributed by atoms with van der Waals surface area (Å²) in [6.07, 6.45) is 25.7. The van der Waals surface area contributed by atoms with Crippen molar-refractivity contribution in [2.24, 2.45) is 0 Å². The van der Waals surface area contributed by atoms with Crippen LogP contribution in [0.5, 0.6) is 0 Å². The first-order valence-corrected chi connectivity index (χ1v) is 12.5. The molecule has 0 aromatic rings. The molecule has 0 saturated carbocycles. The second-order valence-corrected chi connectivity index (χ2v) is 8.57. The number of carbonyl (C=O) groups excluding carboxylic acids is 1. The zero-order valence-electron chi connectivity index (χ0n) is 19.2. The first-order chi connectivity index (χ1) is 13.7. The number of unbranched alkanes of at least 4 members (excludes halogenated alkanes) is 16. The van der Waals surface area contributed by atoms with Gasteiger partial charge in [0.2, 0.25) is 0 Å². The Kier molecular flexibility index (Phi) is 22.3. The molecule has 0 amide bonds. The topological polar surface area (TPSA) is 46.5 Å². The van der Waals surface area contributed by atoms with Crippen LogP contribution in [0.1, 0.15) is 142 Å². The standard InChI is InChI=1S/C25H50O3/c1-3-4-5-15-18-21-24(26)22-19-16-13-11-9-7-6-8-10-12-14-17-20-23-25(27)28-2/h24,26H,3-23H2,1-2H3. The first-order valence-electron chi connectivity index (χ1n) is 12.5. The average Bonchev–Trinajstić information content (AvgIpc) is 2.70. The number of esters is 1. The first kappa shape index (κ1) is 27.4. The Morgan fingerprint density at radius 1 is 0.643 bits per heavy atom. The van der Waals surface area contributed by atoms with E-state index in [1.807, 2.05) is 0 Å². The van der Waals surface area contributed by atoms with E-state index < -0.39 is 0 Å². The largest absolute Gasteiger partial charge is 0.469 e. The van der Waals surface area contributed by atoms with Crippen LogP contribution in [0.3, 0.4) is 0 Å². The number of carbonyl (C=O) groups is 1. The number of aliphatic hydroxyl groups is 1. The van der Waals surface area contributed by atoms with Crippen LogP contribution in [0.4, 0.5) is 0 Å². The highest BCUT2D eigenvalue weighted by atomic mass is 16.5. The number of hydrogen-bond donors (Lipinski definition) is 1. The smallest absolute Gasteiger partial charge is 0.305 e. The lowest BCUT2D eigenvalue weighted by atomic mass is 10.0. The van der Waals surface area contributed by atoms with Gasteiger partial charge in [0, 0.05) is 6.42 Å². The van der Waals surface area contributed by atoms with Gasteiger partial charge >= 0.3 is 5.97 Å². The molecule has 0 spiro atoms. The minimum absolute atomic E-state index is 0.0536. The van der Waals surface area contributed by atoms with E-state index in [0.29, 0.717) is 6.42 Å². The van der Waals surface area contributed by atoms with E-state index in [2.05, 4.69) is 11.7 Å². The monoisotopic (exact) mass is 398 g/mol. The van der Waals surface area contributed by atoms with E-state index in [9.17, 15) is 9.90 Å². The summed E-state index contributed by atoms with van der Waals surface area (Å²) in [5.74, 6) is -0.0750. The molecule has 0 saturated heterocycles. The van der Waals surface area contributed by atoms with Gasteiger partial charge in [-0.2, -0.15) is 0 Å². The Bertz CT molecular complexity index is 317. The van der Waals surface area contributed by atoms with Crippen molar-refractivity contribution in [3.8, 4) is 0 Å². The van der Waals surface area contributed by atoms with Crippen LogP contribution >= 0.6 is 0 Å².